The summed E-state index contributed by atoms with van der Waals surface area (Å²) in [5.41, 5.74) is 7.93. The molecule has 0 saturated heterocycles. The molecule has 2 aromatic heterocycles. The highest BCUT2D eigenvalue weighted by atomic mass is 19.2. The second-order valence-electron chi connectivity index (χ2n) is 8.59. The largest absolute Gasteiger partial charge is 0.494 e. The molecule has 2 heterocycles. The Kier molecular flexibility index (Phi) is 8.32. The topological polar surface area (TPSA) is 156 Å². The molecular formula is C26H27F2N7O4. The number of nitrogens with two attached hydrogens (primary N) is 1. The molecule has 0 radical (unpaired) electrons. The molecule has 0 unspecified atom stereocenters. The lowest BCUT2D eigenvalue weighted by Crippen LogP contribution is -2.45. The van der Waals surface area contributed by atoms with Gasteiger partial charge in [0.25, 0.3) is 5.91 Å². The van der Waals surface area contributed by atoms with Crippen LogP contribution in [0, 0.1) is 18.6 Å². The van der Waals surface area contributed by atoms with Crippen LogP contribution in [0.5, 0.6) is 5.75 Å². The first-order valence-electron chi connectivity index (χ1n) is 11.9. The average molecular weight is 540 g/mol. The van der Waals surface area contributed by atoms with Crippen LogP contribution in [0.25, 0.3) is 16.9 Å². The van der Waals surface area contributed by atoms with Gasteiger partial charge in [-0.25, -0.2) is 19.2 Å². The fraction of sp³-hybridized carbons (Fsp3) is 0.231. The lowest BCUT2D eigenvalue weighted by atomic mass is 10.1. The molecule has 0 bridgehead atoms. The summed E-state index contributed by atoms with van der Waals surface area (Å²) in [6.45, 7) is 2.46. The second-order valence-corrected chi connectivity index (χ2v) is 8.59. The number of methoxy groups -OCH3 is 1. The zero-order chi connectivity index (χ0) is 28.1. The molecule has 0 aliphatic heterocycles. The molecule has 13 heteroatoms. The maximum atomic E-state index is 14.7. The lowest BCUT2D eigenvalue weighted by Gasteiger charge is -2.12. The van der Waals surface area contributed by atoms with Crippen LogP contribution in [-0.4, -0.2) is 57.7 Å². The van der Waals surface area contributed by atoms with Gasteiger partial charge < -0.3 is 26.2 Å². The Hall–Kier alpha value is -4.62. The molecule has 0 saturated carbocycles. The van der Waals surface area contributed by atoms with Crippen molar-refractivity contribution in [2.24, 2.45) is 5.73 Å². The molecule has 1 atom stereocenters. The van der Waals surface area contributed by atoms with E-state index in [-0.39, 0.29) is 17.2 Å². The van der Waals surface area contributed by atoms with Crippen molar-refractivity contribution in [3.63, 3.8) is 0 Å². The highest BCUT2D eigenvalue weighted by Gasteiger charge is 2.19. The van der Waals surface area contributed by atoms with Gasteiger partial charge in [-0.15, -0.1) is 0 Å². The summed E-state index contributed by atoms with van der Waals surface area (Å²) < 4.78 is 35.5. The first kappa shape index (κ1) is 27.4. The number of rotatable bonds is 11. The number of benzene rings is 2. The third-order valence-electron chi connectivity index (χ3n) is 5.97. The summed E-state index contributed by atoms with van der Waals surface area (Å²) in [5.74, 6) is -3.37. The summed E-state index contributed by atoms with van der Waals surface area (Å²) in [5, 5.41) is 17.3. The van der Waals surface area contributed by atoms with E-state index in [4.69, 9.17) is 15.6 Å². The van der Waals surface area contributed by atoms with E-state index in [0.717, 1.165) is 0 Å². The van der Waals surface area contributed by atoms with Crippen LogP contribution >= 0.6 is 0 Å². The molecule has 4 rings (SSSR count). The summed E-state index contributed by atoms with van der Waals surface area (Å²) in [6, 6.07) is 7.92. The van der Waals surface area contributed by atoms with Gasteiger partial charge in [-0.3, -0.25) is 14.5 Å². The number of nitrogens with one attached hydrogen (secondary N) is 3. The number of carboxylic acid groups (broad SMARTS) is 1. The Morgan fingerprint density at radius 1 is 1.15 bits per heavy atom. The minimum absolute atomic E-state index is 0.0182. The Morgan fingerprint density at radius 2 is 1.95 bits per heavy atom. The predicted octanol–water partition coefficient (Wildman–Crippen LogP) is 2.81. The van der Waals surface area contributed by atoms with E-state index in [1.807, 2.05) is 0 Å². The van der Waals surface area contributed by atoms with Gasteiger partial charge in [-0.2, -0.15) is 4.39 Å². The number of fused-ring (bicyclic) bond motifs is 1. The molecule has 11 nitrogen and oxygen atoms in total. The number of aliphatic carboxylic acids is 1. The molecule has 6 N–H and O–H groups in total. The number of hydrogen-bond donors (Lipinski definition) is 5. The number of halogens is 2. The number of amides is 1. The van der Waals surface area contributed by atoms with E-state index < -0.39 is 23.8 Å². The molecule has 39 heavy (non-hydrogen) atoms. The average Bonchev–Trinajstić information content (AvgIpc) is 3.34. The van der Waals surface area contributed by atoms with Crippen molar-refractivity contribution in [1.82, 2.24) is 25.0 Å². The summed E-state index contributed by atoms with van der Waals surface area (Å²) >= 11 is 0. The van der Waals surface area contributed by atoms with Gasteiger partial charge in [0.1, 0.15) is 0 Å². The van der Waals surface area contributed by atoms with E-state index in [1.54, 1.807) is 35.7 Å². The number of ether oxygens (including phenoxy) is 1. The van der Waals surface area contributed by atoms with Crippen molar-refractivity contribution < 1.29 is 28.2 Å². The van der Waals surface area contributed by atoms with E-state index in [0.29, 0.717) is 53.5 Å². The highest BCUT2D eigenvalue weighted by molar-refractivity contribution is 5.96. The Bertz CT molecular complexity index is 1530. The maximum Gasteiger partial charge on any atom is 0.335 e. The van der Waals surface area contributed by atoms with E-state index in [2.05, 4.69) is 25.9 Å². The summed E-state index contributed by atoms with van der Waals surface area (Å²) in [6.07, 6.45) is 3.87. The van der Waals surface area contributed by atoms with Crippen LogP contribution in [0.3, 0.4) is 0 Å². The van der Waals surface area contributed by atoms with Crippen molar-refractivity contribution in [1.29, 1.82) is 0 Å². The number of imidazole rings is 1. The SMILES string of the molecule is COc1ccc(-c2cnc3c(Nc4ccc(C(=O)NCCCN[C@H](N)C(=O)O)c(C)c4)nccn23)c(F)c1F. The molecule has 0 aliphatic rings. The van der Waals surface area contributed by atoms with Crippen LogP contribution in [0.1, 0.15) is 22.3 Å². The predicted molar refractivity (Wildman–Crippen MR) is 140 cm³/mol. The zero-order valence-electron chi connectivity index (χ0n) is 21.2. The lowest BCUT2D eigenvalue weighted by molar-refractivity contribution is -0.139. The van der Waals surface area contributed by atoms with Crippen molar-refractivity contribution in [2.45, 2.75) is 19.5 Å². The third-order valence-corrected chi connectivity index (χ3v) is 5.97. The molecule has 0 aliphatic carbocycles. The molecule has 0 fully saturated rings. The van der Waals surface area contributed by atoms with Gasteiger partial charge in [-0.1, -0.05) is 0 Å². The molecule has 2 aromatic carbocycles. The standard InChI is InChI=1S/C26H27F2N7O4/c1-14-12-15(4-5-16(14)25(36)32-9-3-8-30-22(29)26(37)38)34-23-24-33-13-18(35(24)11-10-31-23)17-6-7-19(39-2)21(28)20(17)27/h4-7,10-13,22,30H,3,8-9,29H2,1-2H3,(H,31,34)(H,32,36)(H,37,38)/t22-/m0/s1. The van der Waals surface area contributed by atoms with Crippen molar-refractivity contribution in [2.75, 3.05) is 25.5 Å². The van der Waals surface area contributed by atoms with Gasteiger partial charge in [0, 0.05) is 35.8 Å². The number of carbonyl (C=O) groups excluding carboxylic acids is 1. The summed E-state index contributed by atoms with van der Waals surface area (Å²) in [7, 11) is 1.26. The smallest absolute Gasteiger partial charge is 0.335 e. The van der Waals surface area contributed by atoms with E-state index in [9.17, 15) is 18.4 Å². The number of nitrogens with zero attached hydrogens (tertiary/aromatic N) is 3. The van der Waals surface area contributed by atoms with E-state index >= 15 is 0 Å². The Morgan fingerprint density at radius 3 is 2.67 bits per heavy atom. The molecular weight excluding hydrogens is 512 g/mol. The maximum absolute atomic E-state index is 14.7. The molecule has 4 aromatic rings. The normalized spacial score (nSPS) is 11.8. The fourth-order valence-electron chi connectivity index (χ4n) is 3.96. The van der Waals surface area contributed by atoms with Crippen LogP contribution in [-0.2, 0) is 4.79 Å². The zero-order valence-corrected chi connectivity index (χ0v) is 21.2. The van der Waals surface area contributed by atoms with Crippen LogP contribution in [0.15, 0.2) is 48.9 Å². The molecule has 0 spiro atoms. The van der Waals surface area contributed by atoms with Crippen LogP contribution in [0.2, 0.25) is 0 Å². The summed E-state index contributed by atoms with van der Waals surface area (Å²) in [4.78, 5) is 32.0. The quantitative estimate of drug-likeness (QED) is 0.143. The van der Waals surface area contributed by atoms with Crippen molar-refractivity contribution >= 4 is 29.0 Å². The number of aryl methyl sites for hydroxylation is 1. The van der Waals surface area contributed by atoms with Gasteiger partial charge >= 0.3 is 5.97 Å². The molecule has 1 amide bonds. The molecule has 204 valence electrons. The highest BCUT2D eigenvalue weighted by Crippen LogP contribution is 2.31. The Balaban J connectivity index is 1.46. The number of carbonyl (C=O) groups is 2. The first-order chi connectivity index (χ1) is 18.7. The first-order valence-corrected chi connectivity index (χ1v) is 11.9. The minimum atomic E-state index is -1.15. The number of carboxylic acids is 1. The van der Waals surface area contributed by atoms with Crippen LogP contribution in [0.4, 0.5) is 20.3 Å². The number of aromatic nitrogens is 3. The van der Waals surface area contributed by atoms with Crippen molar-refractivity contribution in [3.05, 3.63) is 71.7 Å². The fourth-order valence-corrected chi connectivity index (χ4v) is 3.96. The monoisotopic (exact) mass is 539 g/mol. The Labute approximate surface area is 222 Å². The van der Waals surface area contributed by atoms with Gasteiger partial charge in [0.2, 0.25) is 5.82 Å². The van der Waals surface area contributed by atoms with Crippen LogP contribution < -0.4 is 26.4 Å². The minimum Gasteiger partial charge on any atom is -0.494 e. The number of hydrogen-bond acceptors (Lipinski definition) is 8. The van der Waals surface area contributed by atoms with E-state index in [1.165, 1.54) is 31.6 Å². The second kappa shape index (κ2) is 11.8. The van der Waals surface area contributed by atoms with Gasteiger partial charge in [0.15, 0.2) is 29.2 Å². The number of anilines is 2. The van der Waals surface area contributed by atoms with Gasteiger partial charge in [-0.05, 0) is 55.8 Å². The van der Waals surface area contributed by atoms with Gasteiger partial charge in [0.05, 0.1) is 19.0 Å². The third kappa shape index (κ3) is 5.94. The van der Waals surface area contributed by atoms with Crippen molar-refractivity contribution in [3.8, 4) is 17.0 Å².